The van der Waals surface area contributed by atoms with Crippen molar-refractivity contribution in [3.8, 4) is 0 Å². The smallest absolute Gasteiger partial charge is 0.323 e. The molecule has 40 heavy (non-hydrogen) atoms. The maximum Gasteiger partial charge on any atom is 0.438 e. The third-order valence-corrected chi connectivity index (χ3v) is 7.26. The maximum absolute atomic E-state index is 14.0. The second-order valence-corrected chi connectivity index (χ2v) is 11.4. The Balaban J connectivity index is 0. The summed E-state index contributed by atoms with van der Waals surface area (Å²) in [6.07, 6.45) is -3.83. The van der Waals surface area contributed by atoms with Gasteiger partial charge in [-0.15, -0.1) is 0 Å². The molecule has 0 aliphatic heterocycles. The molecular formula is C25H45F10NO3S. The molecule has 0 aromatic rings. The molecule has 0 heterocycles. The van der Waals surface area contributed by atoms with E-state index in [0.717, 1.165) is 44.9 Å². The number of unbranched alkanes of at least 4 members (excludes halogenated alkanes) is 12. The van der Waals surface area contributed by atoms with Gasteiger partial charge in [0.1, 0.15) is 0 Å². The normalized spacial score (nSPS) is 14.1. The minimum absolute atomic E-state index is 0.0998. The molecule has 0 fully saturated rings. The third kappa shape index (κ3) is 15.4. The van der Waals surface area contributed by atoms with E-state index in [1.54, 1.807) is 0 Å². The molecule has 4 nitrogen and oxygen atoms in total. The van der Waals surface area contributed by atoms with E-state index in [2.05, 4.69) is 16.4 Å². The van der Waals surface area contributed by atoms with E-state index in [-0.39, 0.29) is 6.42 Å². The van der Waals surface area contributed by atoms with Gasteiger partial charge in [0.2, 0.25) is 0 Å². The molecule has 0 aliphatic rings. The van der Waals surface area contributed by atoms with Gasteiger partial charge in [-0.25, -0.2) is 4.39 Å². The van der Waals surface area contributed by atoms with Gasteiger partial charge in [-0.1, -0.05) is 84.0 Å². The standard InChI is InChI=1S/C23H38F10O3S.C2H7N/c1-2-3-4-5-6-7-8-9-10-11-15-18-36-37(34,35)23(32,33)22(30,31)21(28,29)19(24)16-13-12-14-17-20(25,26)27;1-3-2/h19H,2-18H2,1H3;3H,1-2H3. The fourth-order valence-electron chi connectivity index (χ4n) is 3.56. The van der Waals surface area contributed by atoms with Crippen LogP contribution in [0, 0.1) is 0 Å². The second kappa shape index (κ2) is 20.1. The predicted octanol–water partition coefficient (Wildman–Crippen LogP) is 9.19. The number of hydrogen-bond donors (Lipinski definition) is 1. The summed E-state index contributed by atoms with van der Waals surface area (Å²) in [5.74, 6) is -12.8. The first kappa shape index (κ1) is 41.3. The van der Waals surface area contributed by atoms with Gasteiger partial charge in [0.25, 0.3) is 0 Å². The van der Waals surface area contributed by atoms with E-state index in [0.29, 0.717) is 12.8 Å². The molecule has 0 saturated carbocycles. The lowest BCUT2D eigenvalue weighted by Crippen LogP contribution is -2.61. The first-order chi connectivity index (χ1) is 18.4. The van der Waals surface area contributed by atoms with Crippen molar-refractivity contribution in [2.24, 2.45) is 0 Å². The van der Waals surface area contributed by atoms with Crippen LogP contribution in [0.25, 0.3) is 0 Å². The third-order valence-electron chi connectivity index (χ3n) is 5.90. The van der Waals surface area contributed by atoms with Crippen molar-refractivity contribution in [3.63, 3.8) is 0 Å². The summed E-state index contributed by atoms with van der Waals surface area (Å²) in [6, 6.07) is 0. The van der Waals surface area contributed by atoms with E-state index in [1.807, 2.05) is 14.1 Å². The first-order valence-electron chi connectivity index (χ1n) is 13.7. The summed E-state index contributed by atoms with van der Waals surface area (Å²) < 4.78 is 161. The zero-order valence-corrected chi connectivity index (χ0v) is 24.3. The van der Waals surface area contributed by atoms with Gasteiger partial charge in [-0.05, 0) is 33.4 Å². The highest BCUT2D eigenvalue weighted by Crippen LogP contribution is 2.51. The van der Waals surface area contributed by atoms with Crippen LogP contribution < -0.4 is 5.32 Å². The molecule has 0 amide bonds. The summed E-state index contributed by atoms with van der Waals surface area (Å²) >= 11 is 0. The molecule has 0 radical (unpaired) electrons. The quantitative estimate of drug-likeness (QED) is 0.0737. The van der Waals surface area contributed by atoms with Gasteiger partial charge in [0.15, 0.2) is 6.17 Å². The van der Waals surface area contributed by atoms with E-state index in [1.165, 1.54) is 6.42 Å². The molecule has 0 bridgehead atoms. The van der Waals surface area contributed by atoms with Gasteiger partial charge >= 0.3 is 33.4 Å². The van der Waals surface area contributed by atoms with Crippen molar-refractivity contribution in [1.82, 2.24) is 5.32 Å². The van der Waals surface area contributed by atoms with Crippen LogP contribution in [0.4, 0.5) is 43.9 Å². The molecule has 0 aromatic carbocycles. The van der Waals surface area contributed by atoms with Crippen LogP contribution in [0.3, 0.4) is 0 Å². The molecule has 1 unspecified atom stereocenters. The van der Waals surface area contributed by atoms with E-state index in [9.17, 15) is 52.3 Å². The van der Waals surface area contributed by atoms with Crippen molar-refractivity contribution in [1.29, 1.82) is 0 Å². The number of hydrogen-bond acceptors (Lipinski definition) is 4. The van der Waals surface area contributed by atoms with Crippen molar-refractivity contribution in [2.75, 3.05) is 20.7 Å². The van der Waals surface area contributed by atoms with Gasteiger partial charge in [0.05, 0.1) is 6.61 Å². The van der Waals surface area contributed by atoms with Crippen molar-refractivity contribution in [3.05, 3.63) is 0 Å². The highest BCUT2D eigenvalue weighted by Gasteiger charge is 2.80. The molecule has 0 spiro atoms. The van der Waals surface area contributed by atoms with Gasteiger partial charge in [-0.2, -0.15) is 47.9 Å². The number of rotatable bonds is 22. The molecular weight excluding hydrogens is 584 g/mol. The molecule has 244 valence electrons. The highest BCUT2D eigenvalue weighted by molar-refractivity contribution is 7.87. The minimum atomic E-state index is -6.67. The highest BCUT2D eigenvalue weighted by atomic mass is 32.2. The van der Waals surface area contributed by atoms with Crippen molar-refractivity contribution >= 4 is 10.1 Å². The van der Waals surface area contributed by atoms with Crippen molar-refractivity contribution in [2.45, 2.75) is 139 Å². The average molecular weight is 630 g/mol. The fraction of sp³-hybridized carbons (Fsp3) is 1.00. The molecule has 1 atom stereocenters. The summed E-state index contributed by atoms with van der Waals surface area (Å²) in [5.41, 5.74) is 0. The Morgan fingerprint density at radius 1 is 0.675 bits per heavy atom. The zero-order chi connectivity index (χ0) is 31.5. The maximum atomic E-state index is 14.0. The SMILES string of the molecule is CCCCCCCCCCCCCOS(=O)(=O)C(F)(F)C(F)(F)C(F)(F)C(F)CCCCCC(F)(F)F.CNC. The lowest BCUT2D eigenvalue weighted by Gasteiger charge is -2.33. The van der Waals surface area contributed by atoms with Gasteiger partial charge < -0.3 is 5.32 Å². The molecule has 0 aliphatic carbocycles. The van der Waals surface area contributed by atoms with E-state index in [4.69, 9.17) is 0 Å². The largest absolute Gasteiger partial charge is 0.438 e. The summed E-state index contributed by atoms with van der Waals surface area (Å²) in [6.45, 7) is 1.17. The molecule has 0 aromatic heterocycles. The van der Waals surface area contributed by atoms with E-state index >= 15 is 0 Å². The number of halogens is 10. The fourth-order valence-corrected chi connectivity index (χ4v) is 4.50. The summed E-state index contributed by atoms with van der Waals surface area (Å²) in [4.78, 5) is 0. The topological polar surface area (TPSA) is 55.4 Å². The molecule has 0 rings (SSSR count). The Bertz CT molecular complexity index is 735. The van der Waals surface area contributed by atoms with Crippen LogP contribution >= 0.6 is 0 Å². The molecule has 15 heteroatoms. The Morgan fingerprint density at radius 2 is 1.07 bits per heavy atom. The first-order valence-corrected chi connectivity index (χ1v) is 15.1. The molecule has 1 N–H and O–H groups in total. The monoisotopic (exact) mass is 629 g/mol. The van der Waals surface area contributed by atoms with Crippen LogP contribution in [0.2, 0.25) is 0 Å². The van der Waals surface area contributed by atoms with E-state index < -0.39 is 78.3 Å². The van der Waals surface area contributed by atoms with Crippen LogP contribution in [0.1, 0.15) is 110 Å². The second-order valence-electron chi connectivity index (χ2n) is 9.71. The summed E-state index contributed by atoms with van der Waals surface area (Å²) in [5, 5.41) is -3.69. The number of nitrogens with one attached hydrogen (secondary N) is 1. The Labute approximate surface area is 232 Å². The van der Waals surface area contributed by atoms with Crippen molar-refractivity contribution < 1.29 is 56.5 Å². The Hall–Kier alpha value is -0.830. The Kier molecular flexibility index (Phi) is 20.8. The molecule has 0 saturated heterocycles. The van der Waals surface area contributed by atoms with Crippen LogP contribution in [0.5, 0.6) is 0 Å². The lowest BCUT2D eigenvalue weighted by atomic mass is 10.0. The number of alkyl halides is 10. The van der Waals surface area contributed by atoms with Crippen LogP contribution in [-0.4, -0.2) is 58.6 Å². The van der Waals surface area contributed by atoms with Crippen LogP contribution in [-0.2, 0) is 14.3 Å². The average Bonchev–Trinajstić information content (AvgIpc) is 2.83. The summed E-state index contributed by atoms with van der Waals surface area (Å²) in [7, 11) is -2.80. The zero-order valence-electron chi connectivity index (χ0n) is 23.5. The van der Waals surface area contributed by atoms with Gasteiger partial charge in [-0.3, -0.25) is 4.18 Å². The predicted molar refractivity (Wildman–Crippen MR) is 135 cm³/mol. The van der Waals surface area contributed by atoms with Crippen LogP contribution in [0.15, 0.2) is 0 Å². The van der Waals surface area contributed by atoms with Gasteiger partial charge in [0, 0.05) is 6.42 Å². The lowest BCUT2D eigenvalue weighted by molar-refractivity contribution is -0.300. The Morgan fingerprint density at radius 3 is 1.50 bits per heavy atom. The minimum Gasteiger partial charge on any atom is -0.323 e.